The summed E-state index contributed by atoms with van der Waals surface area (Å²) >= 11 is 0. The largest absolute Gasteiger partial charge is 0.359 e. The van der Waals surface area contributed by atoms with Crippen molar-refractivity contribution in [2.75, 3.05) is 5.32 Å². The summed E-state index contributed by atoms with van der Waals surface area (Å²) < 4.78 is 10.3. The van der Waals surface area contributed by atoms with Crippen LogP contribution in [-0.2, 0) is 13.0 Å². The van der Waals surface area contributed by atoms with Gasteiger partial charge in [-0.05, 0) is 24.5 Å². The van der Waals surface area contributed by atoms with E-state index in [9.17, 15) is 4.79 Å². The molecule has 2 heterocycles. The maximum Gasteiger partial charge on any atom is 0.319 e. The summed E-state index contributed by atoms with van der Waals surface area (Å²) in [6.45, 7) is 4.51. The number of carbonyl (C=O) groups is 1. The third kappa shape index (κ3) is 3.88. The summed E-state index contributed by atoms with van der Waals surface area (Å²) in [6, 6.07) is 6.87. The van der Waals surface area contributed by atoms with Crippen LogP contribution in [0.25, 0.3) is 11.0 Å². The molecule has 0 aliphatic carbocycles. The van der Waals surface area contributed by atoms with Gasteiger partial charge in [-0.25, -0.2) is 4.79 Å². The van der Waals surface area contributed by atoms with E-state index in [-0.39, 0.29) is 12.6 Å². The number of carbonyl (C=O) groups excluding carboxylic acids is 1. The first-order valence-electron chi connectivity index (χ1n) is 7.44. The quantitative estimate of drug-likeness (QED) is 0.753. The summed E-state index contributed by atoms with van der Waals surface area (Å²) in [6.07, 6.45) is 2.48. The lowest BCUT2D eigenvalue weighted by Gasteiger charge is -2.05. The van der Waals surface area contributed by atoms with Gasteiger partial charge in [0.25, 0.3) is 0 Å². The number of amides is 2. The van der Waals surface area contributed by atoms with Crippen LogP contribution in [0.5, 0.6) is 0 Å². The van der Waals surface area contributed by atoms with Crippen molar-refractivity contribution in [3.63, 3.8) is 0 Å². The van der Waals surface area contributed by atoms with E-state index in [1.807, 2.05) is 12.1 Å². The predicted molar refractivity (Wildman–Crippen MR) is 84.9 cm³/mol. The number of benzene rings is 1. The number of hydrogen-bond donors (Lipinski definition) is 2. The van der Waals surface area contributed by atoms with Crippen LogP contribution >= 0.6 is 0 Å². The zero-order valence-corrected chi connectivity index (χ0v) is 13.0. The van der Waals surface area contributed by atoms with Crippen molar-refractivity contribution in [3.05, 3.63) is 41.9 Å². The molecule has 0 saturated carbocycles. The van der Waals surface area contributed by atoms with Gasteiger partial charge in [-0.1, -0.05) is 24.2 Å². The van der Waals surface area contributed by atoms with Crippen molar-refractivity contribution in [3.8, 4) is 0 Å². The smallest absolute Gasteiger partial charge is 0.319 e. The maximum absolute atomic E-state index is 11.9. The lowest BCUT2D eigenvalue weighted by molar-refractivity contribution is 0.250. The van der Waals surface area contributed by atoms with Crippen LogP contribution in [0.15, 0.2) is 39.5 Å². The van der Waals surface area contributed by atoms with Gasteiger partial charge in [-0.3, -0.25) is 0 Å². The molecular weight excluding hydrogens is 296 g/mol. The Hall–Kier alpha value is -2.83. The fraction of sp³-hybridized carbons (Fsp3) is 0.312. The Kier molecular flexibility index (Phi) is 4.27. The Morgan fingerprint density at radius 2 is 2.13 bits per heavy atom. The monoisotopic (exact) mass is 314 g/mol. The Balaban J connectivity index is 1.53. The second-order valence-electron chi connectivity index (χ2n) is 5.77. The summed E-state index contributed by atoms with van der Waals surface area (Å²) in [5.74, 6) is 1.14. The van der Waals surface area contributed by atoms with E-state index >= 15 is 0 Å². The maximum atomic E-state index is 11.9. The fourth-order valence-corrected chi connectivity index (χ4v) is 2.23. The zero-order chi connectivity index (χ0) is 16.2. The third-order valence-electron chi connectivity index (χ3n) is 3.26. The van der Waals surface area contributed by atoms with Crippen LogP contribution in [0, 0.1) is 5.92 Å². The molecule has 120 valence electrons. The van der Waals surface area contributed by atoms with Crippen LogP contribution in [0.2, 0.25) is 0 Å². The Labute approximate surface area is 133 Å². The number of nitrogens with zero attached hydrogens (tertiary/aromatic N) is 2. The highest BCUT2D eigenvalue weighted by Gasteiger charge is 2.08. The first-order valence-corrected chi connectivity index (χ1v) is 7.44. The second-order valence-corrected chi connectivity index (χ2v) is 5.77. The highest BCUT2D eigenvalue weighted by Crippen LogP contribution is 2.18. The molecule has 0 fully saturated rings. The van der Waals surface area contributed by atoms with Crippen LogP contribution in [0.1, 0.15) is 25.3 Å². The molecule has 7 nitrogen and oxygen atoms in total. The first-order chi connectivity index (χ1) is 11.1. The molecule has 0 aliphatic rings. The standard InChI is InChI=1S/C16H18N4O3/c1-10(2)5-13-6-14(22-20-13)9-17-16(21)19-12-4-3-11-8-18-23-15(11)7-12/h3-4,6-8,10H,5,9H2,1-2H3,(H2,17,19,21). The number of aromatic nitrogens is 2. The number of urea groups is 1. The Morgan fingerprint density at radius 3 is 2.96 bits per heavy atom. The molecule has 2 N–H and O–H groups in total. The summed E-state index contributed by atoms with van der Waals surface area (Å²) in [7, 11) is 0. The molecule has 7 heteroatoms. The molecule has 0 aliphatic heterocycles. The van der Waals surface area contributed by atoms with Gasteiger partial charge < -0.3 is 19.7 Å². The van der Waals surface area contributed by atoms with E-state index in [4.69, 9.17) is 9.05 Å². The highest BCUT2D eigenvalue weighted by molar-refractivity contribution is 5.91. The molecule has 2 aromatic heterocycles. The molecule has 3 aromatic rings. The highest BCUT2D eigenvalue weighted by atomic mass is 16.5. The molecular formula is C16H18N4O3. The van der Waals surface area contributed by atoms with Gasteiger partial charge in [0.1, 0.15) is 0 Å². The average molecular weight is 314 g/mol. The number of nitrogens with one attached hydrogen (secondary N) is 2. The third-order valence-corrected chi connectivity index (χ3v) is 3.26. The number of rotatable bonds is 5. The normalized spacial score (nSPS) is 11.1. The summed E-state index contributed by atoms with van der Waals surface area (Å²) in [4.78, 5) is 11.9. The molecule has 0 spiro atoms. The number of hydrogen-bond acceptors (Lipinski definition) is 5. The van der Waals surface area contributed by atoms with Gasteiger partial charge in [0.15, 0.2) is 11.3 Å². The van der Waals surface area contributed by atoms with E-state index in [1.165, 1.54) is 0 Å². The lowest BCUT2D eigenvalue weighted by atomic mass is 10.1. The zero-order valence-electron chi connectivity index (χ0n) is 13.0. The van der Waals surface area contributed by atoms with Crippen LogP contribution < -0.4 is 10.6 Å². The lowest BCUT2D eigenvalue weighted by Crippen LogP contribution is -2.27. The van der Waals surface area contributed by atoms with Crippen molar-refractivity contribution in [2.45, 2.75) is 26.8 Å². The van der Waals surface area contributed by atoms with Gasteiger partial charge in [0.05, 0.1) is 18.4 Å². The number of anilines is 1. The predicted octanol–water partition coefficient (Wildman–Crippen LogP) is 3.34. The molecule has 3 rings (SSSR count). The average Bonchev–Trinajstić information content (AvgIpc) is 3.13. The molecule has 23 heavy (non-hydrogen) atoms. The van der Waals surface area contributed by atoms with Crippen LogP contribution in [-0.4, -0.2) is 16.3 Å². The minimum absolute atomic E-state index is 0.279. The van der Waals surface area contributed by atoms with Gasteiger partial charge in [-0.2, -0.15) is 0 Å². The van der Waals surface area contributed by atoms with Gasteiger partial charge in [0, 0.05) is 23.2 Å². The Bertz CT molecular complexity index is 806. The van der Waals surface area contributed by atoms with E-state index in [1.54, 1.807) is 18.3 Å². The molecule has 0 atom stereocenters. The Morgan fingerprint density at radius 1 is 1.26 bits per heavy atom. The molecule has 1 aromatic carbocycles. The van der Waals surface area contributed by atoms with Gasteiger partial charge in [0.2, 0.25) is 0 Å². The van der Waals surface area contributed by atoms with E-state index in [2.05, 4.69) is 34.8 Å². The molecule has 2 amide bonds. The summed E-state index contributed by atoms with van der Waals surface area (Å²) in [5.41, 5.74) is 2.15. The molecule has 0 bridgehead atoms. The SMILES string of the molecule is CC(C)Cc1cc(CNC(=O)Nc2ccc3cnoc3c2)on1. The molecule has 0 radical (unpaired) electrons. The van der Waals surface area contributed by atoms with Crippen molar-refractivity contribution >= 4 is 22.7 Å². The van der Waals surface area contributed by atoms with E-state index < -0.39 is 0 Å². The topological polar surface area (TPSA) is 93.2 Å². The van der Waals surface area contributed by atoms with Gasteiger partial charge >= 0.3 is 6.03 Å². The van der Waals surface area contributed by atoms with Crippen molar-refractivity contribution in [1.82, 2.24) is 15.6 Å². The number of fused-ring (bicyclic) bond motifs is 1. The summed E-state index contributed by atoms with van der Waals surface area (Å²) in [5, 5.41) is 14.0. The van der Waals surface area contributed by atoms with E-state index in [0.29, 0.717) is 22.9 Å². The second kappa shape index (κ2) is 6.51. The minimum atomic E-state index is -0.328. The fourth-order valence-electron chi connectivity index (χ4n) is 2.23. The van der Waals surface area contributed by atoms with Crippen LogP contribution in [0.4, 0.5) is 10.5 Å². The van der Waals surface area contributed by atoms with Crippen LogP contribution in [0.3, 0.4) is 0 Å². The minimum Gasteiger partial charge on any atom is -0.359 e. The van der Waals surface area contributed by atoms with Crippen molar-refractivity contribution in [1.29, 1.82) is 0 Å². The van der Waals surface area contributed by atoms with E-state index in [0.717, 1.165) is 17.5 Å². The molecule has 0 saturated heterocycles. The van der Waals surface area contributed by atoms with Crippen molar-refractivity contribution in [2.24, 2.45) is 5.92 Å². The first kappa shape index (κ1) is 15.1. The van der Waals surface area contributed by atoms with Crippen molar-refractivity contribution < 1.29 is 13.8 Å². The van der Waals surface area contributed by atoms with Gasteiger partial charge in [-0.15, -0.1) is 0 Å². The molecule has 0 unspecified atom stereocenters.